The molecule has 2 amide bonds. The Balaban J connectivity index is 1.66. The van der Waals surface area contributed by atoms with Crippen molar-refractivity contribution >= 4 is 28.8 Å². The van der Waals surface area contributed by atoms with Crippen LogP contribution >= 0.6 is 0 Å². The van der Waals surface area contributed by atoms with Crippen LogP contribution in [0.3, 0.4) is 0 Å². The topological polar surface area (TPSA) is 197 Å². The standard InChI is InChI=1S/C26H21N3O10/c1-37-20-6-7-27-10-17(20)28-26(36)23(13-2-4-14(5-3-13)38-12-22(32)33)29-25(35)16-11-39-21-9-19(31)18(30)8-15(21)24(16)34/h2-5,7-9,11,23,27H,10,12H2,1H3,(H4-,28,29,30,31,32,33,34,35,36)/p+1. The van der Waals surface area contributed by atoms with Crippen molar-refractivity contribution in [2.45, 2.75) is 6.04 Å². The lowest BCUT2D eigenvalue weighted by Crippen LogP contribution is -2.43. The molecule has 3 aromatic rings. The Kier molecular flexibility index (Phi) is 7.64. The van der Waals surface area contributed by atoms with Crippen molar-refractivity contribution in [2.75, 3.05) is 20.3 Å². The lowest BCUT2D eigenvalue weighted by atomic mass is 10.0. The number of carboxylic acid groups (broad SMARTS) is 1. The van der Waals surface area contributed by atoms with Gasteiger partial charge >= 0.3 is 11.7 Å². The third-order valence-corrected chi connectivity index (χ3v) is 5.56. The van der Waals surface area contributed by atoms with Gasteiger partial charge in [-0.3, -0.25) is 14.4 Å². The summed E-state index contributed by atoms with van der Waals surface area (Å²) in [6.07, 6.45) is 5.19. The van der Waals surface area contributed by atoms with Crippen LogP contribution in [0, 0.1) is 6.08 Å². The molecule has 13 heteroatoms. The van der Waals surface area contributed by atoms with E-state index in [9.17, 15) is 29.4 Å². The van der Waals surface area contributed by atoms with E-state index in [1.807, 2.05) is 0 Å². The van der Waals surface area contributed by atoms with Gasteiger partial charge in [0.05, 0.1) is 12.5 Å². The summed E-state index contributed by atoms with van der Waals surface area (Å²) >= 11 is 0. The van der Waals surface area contributed by atoms with Gasteiger partial charge in [0.15, 0.2) is 30.4 Å². The summed E-state index contributed by atoms with van der Waals surface area (Å²) in [5.74, 6) is -3.43. The first-order valence-electron chi connectivity index (χ1n) is 11.3. The quantitative estimate of drug-likeness (QED) is 0.169. The number of dihydropyridines is 1. The number of hydrogen-bond acceptors (Lipinski definition) is 10. The van der Waals surface area contributed by atoms with Crippen molar-refractivity contribution in [1.29, 1.82) is 0 Å². The second-order valence-electron chi connectivity index (χ2n) is 8.14. The van der Waals surface area contributed by atoms with Gasteiger partial charge in [0.25, 0.3) is 11.8 Å². The third-order valence-electron chi connectivity index (χ3n) is 5.56. The van der Waals surface area contributed by atoms with Gasteiger partial charge in [-0.25, -0.2) is 10.1 Å². The minimum atomic E-state index is -1.34. The average Bonchev–Trinajstić information content (AvgIpc) is 2.92. The van der Waals surface area contributed by atoms with E-state index >= 15 is 0 Å². The fourth-order valence-corrected chi connectivity index (χ4v) is 3.66. The van der Waals surface area contributed by atoms with Crippen LogP contribution in [0.25, 0.3) is 11.0 Å². The first kappa shape index (κ1) is 26.5. The molecule has 1 aromatic heterocycles. The smallest absolute Gasteiger partial charge is 0.373 e. The van der Waals surface area contributed by atoms with Gasteiger partial charge in [-0.1, -0.05) is 12.1 Å². The van der Waals surface area contributed by atoms with Gasteiger partial charge < -0.3 is 39.8 Å². The number of carbonyl (C=O) groups excluding carboxylic acids is 2. The van der Waals surface area contributed by atoms with Crippen molar-refractivity contribution in [1.82, 2.24) is 16.0 Å². The van der Waals surface area contributed by atoms with Crippen molar-refractivity contribution in [2.24, 2.45) is 0 Å². The lowest BCUT2D eigenvalue weighted by Gasteiger charge is -2.19. The van der Waals surface area contributed by atoms with Crippen LogP contribution in [-0.4, -0.2) is 53.4 Å². The van der Waals surface area contributed by atoms with Crippen LogP contribution in [0.4, 0.5) is 0 Å². The molecular weight excluding hydrogens is 514 g/mol. The summed E-state index contributed by atoms with van der Waals surface area (Å²) in [5, 5.41) is 36.1. The molecule has 2 aromatic carbocycles. The molecule has 0 saturated heterocycles. The molecule has 1 aliphatic heterocycles. The normalized spacial score (nSPS) is 13.2. The van der Waals surface area contributed by atoms with Crippen molar-refractivity contribution in [3.8, 4) is 17.2 Å². The monoisotopic (exact) mass is 536 g/mol. The Labute approximate surface area is 220 Å². The van der Waals surface area contributed by atoms with E-state index in [0.717, 1.165) is 18.4 Å². The zero-order chi connectivity index (χ0) is 28.1. The highest BCUT2D eigenvalue weighted by Crippen LogP contribution is 2.29. The van der Waals surface area contributed by atoms with Gasteiger partial charge in [0.1, 0.15) is 35.7 Å². The summed E-state index contributed by atoms with van der Waals surface area (Å²) in [7, 11) is 1.40. The van der Waals surface area contributed by atoms with Crippen molar-refractivity contribution in [3.05, 3.63) is 87.7 Å². The molecule has 0 saturated carbocycles. The number of aliphatic carboxylic acids is 1. The van der Waals surface area contributed by atoms with Crippen molar-refractivity contribution in [3.63, 3.8) is 0 Å². The van der Waals surface area contributed by atoms with Gasteiger partial charge in [0.2, 0.25) is 11.1 Å². The number of aromatic hydroxyl groups is 2. The predicted molar refractivity (Wildman–Crippen MR) is 134 cm³/mol. The summed E-state index contributed by atoms with van der Waals surface area (Å²) < 4.78 is 15.6. The van der Waals surface area contributed by atoms with Crippen LogP contribution in [0.15, 0.2) is 69.5 Å². The largest absolute Gasteiger partial charge is 0.504 e. The zero-order valence-electron chi connectivity index (χ0n) is 20.3. The molecular formula is C26H22N3O10+. The number of phenolic OH excluding ortho intramolecular Hbond substituents is 2. The molecule has 1 atom stereocenters. The number of allylic oxidation sites excluding steroid dienone is 1. The van der Waals surface area contributed by atoms with E-state index < -0.39 is 52.9 Å². The van der Waals surface area contributed by atoms with Crippen LogP contribution in [0.1, 0.15) is 22.0 Å². The van der Waals surface area contributed by atoms with Crippen LogP contribution in [0.5, 0.6) is 17.2 Å². The number of amides is 2. The number of methoxy groups -OCH3 is 1. The van der Waals surface area contributed by atoms with Crippen LogP contribution in [0.2, 0.25) is 0 Å². The highest BCUT2D eigenvalue weighted by atomic mass is 16.5. The molecule has 0 radical (unpaired) electrons. The average molecular weight is 536 g/mol. The van der Waals surface area contributed by atoms with E-state index in [1.54, 1.807) is 0 Å². The molecule has 0 aliphatic carbocycles. The number of fused-ring (bicyclic) bond motifs is 1. The molecule has 1 aliphatic rings. The molecule has 0 fully saturated rings. The second kappa shape index (κ2) is 11.2. The van der Waals surface area contributed by atoms with Gasteiger partial charge in [-0.2, -0.15) is 0 Å². The third kappa shape index (κ3) is 5.89. The molecule has 0 spiro atoms. The van der Waals surface area contributed by atoms with Crippen LogP contribution < -0.4 is 26.1 Å². The number of hydrogen-bond donors (Lipinski definition) is 6. The van der Waals surface area contributed by atoms with E-state index in [0.29, 0.717) is 5.70 Å². The molecule has 0 bridgehead atoms. The molecule has 4 rings (SSSR count). The fourth-order valence-electron chi connectivity index (χ4n) is 3.66. The molecule has 39 heavy (non-hydrogen) atoms. The SMILES string of the molecule is COC1=C(NC(=O)C(NC(=O)c2coc3cc(O)c(O)cc3c2=O)c2ccc(OCC(=O)O)cc2)CNC=[C+]1. The maximum atomic E-state index is 13.4. The number of ether oxygens (including phenoxy) is 2. The molecule has 2 heterocycles. The van der Waals surface area contributed by atoms with Gasteiger partial charge in [0, 0.05) is 6.07 Å². The minimum Gasteiger partial charge on any atom is -0.504 e. The maximum Gasteiger partial charge on any atom is 0.373 e. The Morgan fingerprint density at radius 1 is 1.15 bits per heavy atom. The molecule has 13 nitrogen and oxygen atoms in total. The number of rotatable bonds is 9. The second-order valence-corrected chi connectivity index (χ2v) is 8.14. The molecule has 200 valence electrons. The van der Waals surface area contributed by atoms with Crippen LogP contribution in [-0.2, 0) is 14.3 Å². The number of benzene rings is 2. The van der Waals surface area contributed by atoms with E-state index in [1.165, 1.54) is 37.6 Å². The van der Waals surface area contributed by atoms with E-state index in [2.05, 4.69) is 22.0 Å². The molecule has 6 N–H and O–H groups in total. The van der Waals surface area contributed by atoms with E-state index in [4.69, 9.17) is 19.0 Å². The summed E-state index contributed by atoms with van der Waals surface area (Å²) in [4.78, 5) is 50.3. The lowest BCUT2D eigenvalue weighted by molar-refractivity contribution is -0.139. The maximum absolute atomic E-state index is 13.4. The van der Waals surface area contributed by atoms with E-state index in [-0.39, 0.29) is 34.6 Å². The Bertz CT molecular complexity index is 1560. The Hall–Kier alpha value is -5.55. The molecule has 1 unspecified atom stereocenters. The highest BCUT2D eigenvalue weighted by molar-refractivity contribution is 6.00. The zero-order valence-corrected chi connectivity index (χ0v) is 20.3. The summed E-state index contributed by atoms with van der Waals surface area (Å²) in [6.45, 7) is -0.370. The first-order valence-corrected chi connectivity index (χ1v) is 11.3. The number of nitrogens with one attached hydrogen (secondary N) is 3. The van der Waals surface area contributed by atoms with Gasteiger partial charge in [-0.15, -0.1) is 0 Å². The van der Waals surface area contributed by atoms with Crippen molar-refractivity contribution < 1.29 is 43.6 Å². The Morgan fingerprint density at radius 3 is 2.56 bits per heavy atom. The minimum absolute atomic E-state index is 0.0637. The highest BCUT2D eigenvalue weighted by Gasteiger charge is 2.30. The fraction of sp³-hybridized carbons (Fsp3) is 0.154. The summed E-state index contributed by atoms with van der Waals surface area (Å²) in [6, 6.07) is 6.39. The first-order chi connectivity index (χ1) is 18.7. The predicted octanol–water partition coefficient (Wildman–Crippen LogP) is 1.03. The number of carbonyl (C=O) groups is 3. The number of carboxylic acids is 1. The van der Waals surface area contributed by atoms with Gasteiger partial charge in [-0.05, 0) is 23.8 Å². The summed E-state index contributed by atoms with van der Waals surface area (Å²) in [5.41, 5.74) is -0.711. The Morgan fingerprint density at radius 2 is 1.87 bits per heavy atom. The number of phenols is 2.